The van der Waals surface area contributed by atoms with Crippen LogP contribution in [0.15, 0.2) is 66.0 Å². The molecule has 0 atom stereocenters. The van der Waals surface area contributed by atoms with E-state index in [1.54, 1.807) is 49.0 Å². The van der Waals surface area contributed by atoms with E-state index < -0.39 is 11.5 Å². The highest BCUT2D eigenvalue weighted by molar-refractivity contribution is 6.33. The molecular formula is C22H20ClN5O2. The number of aliphatic hydroxyl groups is 1. The first-order valence-electron chi connectivity index (χ1n) is 9.37. The normalized spacial score (nSPS) is 12.5. The Hall–Kier alpha value is -3.29. The van der Waals surface area contributed by atoms with Crippen LogP contribution in [-0.2, 0) is 6.54 Å². The van der Waals surface area contributed by atoms with Gasteiger partial charge in [-0.3, -0.25) is 14.8 Å². The molecule has 7 nitrogen and oxygen atoms in total. The molecule has 1 amide bonds. The number of nitrogens with zero attached hydrogens (tertiary/aromatic N) is 4. The summed E-state index contributed by atoms with van der Waals surface area (Å²) in [4.78, 5) is 28.8. The third kappa shape index (κ3) is 4.17. The van der Waals surface area contributed by atoms with E-state index in [-0.39, 0.29) is 6.54 Å². The SMILES string of the molecule is CC(C)(O)Cn1/c(=N/C(=O)c2ccnc(-c3cnccc3Cl)c2)[nH]c2ccccc21. The second-order valence-electron chi connectivity index (χ2n) is 7.57. The highest BCUT2D eigenvalue weighted by Crippen LogP contribution is 2.25. The van der Waals surface area contributed by atoms with Gasteiger partial charge in [0, 0.05) is 29.7 Å². The Morgan fingerprint density at radius 2 is 2.03 bits per heavy atom. The highest BCUT2D eigenvalue weighted by atomic mass is 35.5. The Morgan fingerprint density at radius 3 is 2.80 bits per heavy atom. The van der Waals surface area contributed by atoms with Gasteiger partial charge in [0.25, 0.3) is 5.91 Å². The first kappa shape index (κ1) is 20.0. The van der Waals surface area contributed by atoms with Crippen LogP contribution in [0.5, 0.6) is 0 Å². The zero-order chi connectivity index (χ0) is 21.3. The molecular weight excluding hydrogens is 402 g/mol. The van der Waals surface area contributed by atoms with Gasteiger partial charge in [-0.15, -0.1) is 0 Å². The standard InChI is InChI=1S/C22H20ClN5O2/c1-22(2,30)13-28-19-6-4-3-5-17(19)26-21(28)27-20(29)14-7-10-25-18(11-14)15-12-24-9-8-16(15)23/h3-12,30H,13H2,1-2H3,(H,26,27,29). The molecule has 4 aromatic rings. The first-order valence-corrected chi connectivity index (χ1v) is 9.74. The summed E-state index contributed by atoms with van der Waals surface area (Å²) >= 11 is 6.23. The van der Waals surface area contributed by atoms with Crippen molar-refractivity contribution in [2.24, 2.45) is 4.99 Å². The van der Waals surface area contributed by atoms with Crippen molar-refractivity contribution in [3.8, 4) is 11.3 Å². The molecule has 2 N–H and O–H groups in total. The second-order valence-corrected chi connectivity index (χ2v) is 7.97. The van der Waals surface area contributed by atoms with Gasteiger partial charge in [0.2, 0.25) is 5.62 Å². The third-order valence-corrected chi connectivity index (χ3v) is 4.83. The average Bonchev–Trinajstić information content (AvgIpc) is 3.04. The number of aromatic nitrogens is 4. The van der Waals surface area contributed by atoms with Gasteiger partial charge in [0.1, 0.15) is 0 Å². The molecule has 0 bridgehead atoms. The number of aromatic amines is 1. The Kier molecular flexibility index (Phi) is 5.24. The van der Waals surface area contributed by atoms with Crippen LogP contribution in [0, 0.1) is 0 Å². The minimum Gasteiger partial charge on any atom is -0.389 e. The topological polar surface area (TPSA) is 96.2 Å². The van der Waals surface area contributed by atoms with Crippen molar-refractivity contribution in [1.82, 2.24) is 19.5 Å². The van der Waals surface area contributed by atoms with E-state index in [0.717, 1.165) is 11.0 Å². The average molecular weight is 422 g/mol. The lowest BCUT2D eigenvalue weighted by molar-refractivity contribution is 0.0612. The summed E-state index contributed by atoms with van der Waals surface area (Å²) in [6, 6.07) is 12.5. The number of hydrogen-bond donors (Lipinski definition) is 2. The van der Waals surface area contributed by atoms with Crippen LogP contribution < -0.4 is 5.62 Å². The lowest BCUT2D eigenvalue weighted by Crippen LogP contribution is -2.32. The summed E-state index contributed by atoms with van der Waals surface area (Å²) in [6.07, 6.45) is 4.73. The van der Waals surface area contributed by atoms with Crippen LogP contribution >= 0.6 is 11.6 Å². The molecule has 4 rings (SSSR count). The lowest BCUT2D eigenvalue weighted by Gasteiger charge is -2.18. The van der Waals surface area contributed by atoms with Crippen LogP contribution in [0.25, 0.3) is 22.3 Å². The molecule has 3 aromatic heterocycles. The first-order chi connectivity index (χ1) is 14.3. The van der Waals surface area contributed by atoms with E-state index in [2.05, 4.69) is 19.9 Å². The number of fused-ring (bicyclic) bond motifs is 1. The zero-order valence-electron chi connectivity index (χ0n) is 16.5. The number of para-hydroxylation sites is 2. The van der Waals surface area contributed by atoms with Gasteiger partial charge in [0.15, 0.2) is 0 Å². The number of halogens is 1. The van der Waals surface area contributed by atoms with Gasteiger partial charge in [-0.05, 0) is 44.2 Å². The predicted octanol–water partition coefficient (Wildman–Crippen LogP) is 3.59. The van der Waals surface area contributed by atoms with Crippen LogP contribution in [-0.4, -0.2) is 36.1 Å². The Labute approximate surface area is 177 Å². The predicted molar refractivity (Wildman–Crippen MR) is 115 cm³/mol. The molecule has 3 heterocycles. The van der Waals surface area contributed by atoms with Crippen LogP contribution in [0.1, 0.15) is 24.2 Å². The molecule has 152 valence electrons. The number of imidazole rings is 1. The van der Waals surface area contributed by atoms with Crippen molar-refractivity contribution < 1.29 is 9.90 Å². The molecule has 0 radical (unpaired) electrons. The van der Waals surface area contributed by atoms with Crippen molar-refractivity contribution >= 4 is 28.5 Å². The Balaban J connectivity index is 1.79. The number of hydrogen-bond acceptors (Lipinski definition) is 4. The second kappa shape index (κ2) is 7.85. The Bertz CT molecular complexity index is 1300. The summed E-state index contributed by atoms with van der Waals surface area (Å²) in [5.41, 5.74) is 2.60. The smallest absolute Gasteiger partial charge is 0.280 e. The van der Waals surface area contributed by atoms with Crippen LogP contribution in [0.4, 0.5) is 0 Å². The van der Waals surface area contributed by atoms with E-state index >= 15 is 0 Å². The molecule has 0 saturated carbocycles. The largest absolute Gasteiger partial charge is 0.389 e. The maximum atomic E-state index is 12.9. The van der Waals surface area contributed by atoms with Crippen molar-refractivity contribution in [1.29, 1.82) is 0 Å². The summed E-state index contributed by atoms with van der Waals surface area (Å²) in [7, 11) is 0. The van der Waals surface area contributed by atoms with Gasteiger partial charge in [-0.25, -0.2) is 0 Å². The van der Waals surface area contributed by atoms with Gasteiger partial charge in [-0.1, -0.05) is 23.7 Å². The van der Waals surface area contributed by atoms with Crippen LogP contribution in [0.3, 0.4) is 0 Å². The lowest BCUT2D eigenvalue weighted by atomic mass is 10.1. The highest BCUT2D eigenvalue weighted by Gasteiger charge is 2.17. The number of benzene rings is 1. The molecule has 8 heteroatoms. The molecule has 30 heavy (non-hydrogen) atoms. The van der Waals surface area contributed by atoms with Gasteiger partial charge in [-0.2, -0.15) is 4.99 Å². The van der Waals surface area contributed by atoms with Crippen molar-refractivity contribution in [3.63, 3.8) is 0 Å². The van der Waals surface area contributed by atoms with Crippen molar-refractivity contribution in [2.45, 2.75) is 26.0 Å². The van der Waals surface area contributed by atoms with Crippen molar-refractivity contribution in [3.05, 3.63) is 77.3 Å². The number of amides is 1. The van der Waals surface area contributed by atoms with Crippen molar-refractivity contribution in [2.75, 3.05) is 0 Å². The summed E-state index contributed by atoms with van der Waals surface area (Å²) in [5, 5.41) is 10.8. The number of nitrogens with one attached hydrogen (secondary N) is 1. The van der Waals surface area contributed by atoms with E-state index in [0.29, 0.717) is 27.5 Å². The van der Waals surface area contributed by atoms with Gasteiger partial charge >= 0.3 is 0 Å². The fourth-order valence-electron chi connectivity index (χ4n) is 3.19. The number of carbonyl (C=O) groups excluding carboxylic acids is 1. The minimum absolute atomic E-state index is 0.274. The molecule has 0 fully saturated rings. The number of carbonyl (C=O) groups is 1. The van der Waals surface area contributed by atoms with Gasteiger partial charge in [0.05, 0.1) is 33.9 Å². The zero-order valence-corrected chi connectivity index (χ0v) is 17.3. The quantitative estimate of drug-likeness (QED) is 0.526. The maximum Gasteiger partial charge on any atom is 0.280 e. The van der Waals surface area contributed by atoms with E-state index in [1.165, 1.54) is 6.20 Å². The summed E-state index contributed by atoms with van der Waals surface area (Å²) in [6.45, 7) is 3.69. The van der Waals surface area contributed by atoms with E-state index in [4.69, 9.17) is 11.6 Å². The van der Waals surface area contributed by atoms with Crippen LogP contribution in [0.2, 0.25) is 5.02 Å². The fourth-order valence-corrected chi connectivity index (χ4v) is 3.39. The number of H-pyrrole nitrogens is 1. The maximum absolute atomic E-state index is 12.9. The molecule has 0 saturated heterocycles. The minimum atomic E-state index is -0.982. The monoisotopic (exact) mass is 421 g/mol. The third-order valence-electron chi connectivity index (χ3n) is 4.50. The molecule has 1 aromatic carbocycles. The molecule has 0 aliphatic heterocycles. The summed E-state index contributed by atoms with van der Waals surface area (Å²) in [5.74, 6) is -0.435. The number of rotatable bonds is 4. The molecule has 0 unspecified atom stereocenters. The Morgan fingerprint density at radius 1 is 1.23 bits per heavy atom. The van der Waals surface area contributed by atoms with Gasteiger partial charge < -0.3 is 14.7 Å². The molecule has 0 aliphatic rings. The molecule has 0 aliphatic carbocycles. The molecule has 0 spiro atoms. The fraction of sp³-hybridized carbons (Fsp3) is 0.182. The van der Waals surface area contributed by atoms with E-state index in [9.17, 15) is 9.90 Å². The summed E-state index contributed by atoms with van der Waals surface area (Å²) < 4.78 is 1.80. The van der Waals surface area contributed by atoms with E-state index in [1.807, 2.05) is 24.3 Å². The number of pyridine rings is 2.